The van der Waals surface area contributed by atoms with E-state index in [-0.39, 0.29) is 11.9 Å². The third kappa shape index (κ3) is 5.02. The maximum atomic E-state index is 11.6. The van der Waals surface area contributed by atoms with E-state index >= 15 is 0 Å². The fourth-order valence-electron chi connectivity index (χ4n) is 1.97. The van der Waals surface area contributed by atoms with Gasteiger partial charge in [-0.3, -0.25) is 9.69 Å². The van der Waals surface area contributed by atoms with Gasteiger partial charge >= 0.3 is 0 Å². The SMILES string of the molecule is CCCC(N)C(=O)NCC(C)N1CCOCC1. The van der Waals surface area contributed by atoms with E-state index < -0.39 is 0 Å². The minimum atomic E-state index is -0.364. The lowest BCUT2D eigenvalue weighted by Crippen LogP contribution is -2.49. The predicted molar refractivity (Wildman–Crippen MR) is 67.7 cm³/mol. The number of morpholine rings is 1. The largest absolute Gasteiger partial charge is 0.379 e. The third-order valence-electron chi connectivity index (χ3n) is 3.18. The Morgan fingerprint density at radius 1 is 1.47 bits per heavy atom. The van der Waals surface area contributed by atoms with Crippen LogP contribution in [0.3, 0.4) is 0 Å². The number of nitrogens with one attached hydrogen (secondary N) is 1. The highest BCUT2D eigenvalue weighted by Crippen LogP contribution is 2.02. The van der Waals surface area contributed by atoms with Crippen LogP contribution in [0.1, 0.15) is 26.7 Å². The topological polar surface area (TPSA) is 67.6 Å². The number of ether oxygens (including phenoxy) is 1. The Balaban J connectivity index is 2.22. The maximum Gasteiger partial charge on any atom is 0.236 e. The molecule has 5 heteroatoms. The maximum absolute atomic E-state index is 11.6. The average molecular weight is 243 g/mol. The van der Waals surface area contributed by atoms with E-state index in [2.05, 4.69) is 17.1 Å². The number of amides is 1. The van der Waals surface area contributed by atoms with Gasteiger partial charge in [-0.15, -0.1) is 0 Å². The summed E-state index contributed by atoms with van der Waals surface area (Å²) in [7, 11) is 0. The third-order valence-corrected chi connectivity index (χ3v) is 3.18. The van der Waals surface area contributed by atoms with Crippen molar-refractivity contribution in [1.29, 1.82) is 0 Å². The van der Waals surface area contributed by atoms with Gasteiger partial charge in [0.25, 0.3) is 0 Å². The Morgan fingerprint density at radius 2 is 2.12 bits per heavy atom. The van der Waals surface area contributed by atoms with E-state index in [1.807, 2.05) is 6.92 Å². The van der Waals surface area contributed by atoms with Crippen molar-refractivity contribution in [1.82, 2.24) is 10.2 Å². The van der Waals surface area contributed by atoms with Crippen molar-refractivity contribution in [2.75, 3.05) is 32.8 Å². The standard InChI is InChI=1S/C12H25N3O2/c1-3-4-11(13)12(16)14-9-10(2)15-5-7-17-8-6-15/h10-11H,3-9,13H2,1-2H3,(H,14,16). The Morgan fingerprint density at radius 3 is 2.71 bits per heavy atom. The summed E-state index contributed by atoms with van der Waals surface area (Å²) >= 11 is 0. The minimum Gasteiger partial charge on any atom is -0.379 e. The lowest BCUT2D eigenvalue weighted by atomic mass is 10.1. The van der Waals surface area contributed by atoms with Crippen LogP contribution in [0.15, 0.2) is 0 Å². The molecule has 2 atom stereocenters. The lowest BCUT2D eigenvalue weighted by molar-refractivity contribution is -0.122. The summed E-state index contributed by atoms with van der Waals surface area (Å²) in [5, 5.41) is 2.92. The van der Waals surface area contributed by atoms with Gasteiger partial charge < -0.3 is 15.8 Å². The van der Waals surface area contributed by atoms with Crippen molar-refractivity contribution in [2.45, 2.75) is 38.8 Å². The minimum absolute atomic E-state index is 0.0352. The summed E-state index contributed by atoms with van der Waals surface area (Å²) in [6, 6.07) is -0.0198. The number of rotatable bonds is 6. The molecule has 2 unspecified atom stereocenters. The fourth-order valence-corrected chi connectivity index (χ4v) is 1.97. The Bertz CT molecular complexity index is 230. The highest BCUT2D eigenvalue weighted by atomic mass is 16.5. The van der Waals surface area contributed by atoms with Crippen LogP contribution < -0.4 is 11.1 Å². The quantitative estimate of drug-likeness (QED) is 0.686. The van der Waals surface area contributed by atoms with Crippen LogP contribution in [0.5, 0.6) is 0 Å². The Kier molecular flexibility index (Phi) is 6.47. The molecular weight excluding hydrogens is 218 g/mol. The highest BCUT2D eigenvalue weighted by Gasteiger charge is 2.18. The zero-order valence-electron chi connectivity index (χ0n) is 10.9. The number of hydrogen-bond acceptors (Lipinski definition) is 4. The summed E-state index contributed by atoms with van der Waals surface area (Å²) in [6.07, 6.45) is 1.69. The zero-order valence-corrected chi connectivity index (χ0v) is 10.9. The van der Waals surface area contributed by atoms with E-state index in [0.717, 1.165) is 39.1 Å². The van der Waals surface area contributed by atoms with Crippen LogP contribution in [-0.4, -0.2) is 55.7 Å². The molecule has 1 heterocycles. The van der Waals surface area contributed by atoms with Crippen LogP contribution >= 0.6 is 0 Å². The summed E-state index contributed by atoms with van der Waals surface area (Å²) in [6.45, 7) is 8.27. The molecule has 0 aliphatic carbocycles. The van der Waals surface area contributed by atoms with Gasteiger partial charge in [0.2, 0.25) is 5.91 Å². The van der Waals surface area contributed by atoms with Crippen molar-refractivity contribution in [3.63, 3.8) is 0 Å². The molecule has 1 rings (SSSR count). The molecule has 0 bridgehead atoms. The van der Waals surface area contributed by atoms with E-state index in [9.17, 15) is 4.79 Å². The van der Waals surface area contributed by atoms with Crippen LogP contribution in [0.2, 0.25) is 0 Å². The number of nitrogens with zero attached hydrogens (tertiary/aromatic N) is 1. The Labute approximate surface area is 104 Å². The molecule has 0 radical (unpaired) electrons. The van der Waals surface area contributed by atoms with Gasteiger partial charge in [0.05, 0.1) is 19.3 Å². The monoisotopic (exact) mass is 243 g/mol. The first-order valence-electron chi connectivity index (χ1n) is 6.50. The predicted octanol–water partition coefficient (Wildman–Crippen LogP) is -0.0493. The molecule has 100 valence electrons. The van der Waals surface area contributed by atoms with Crippen LogP contribution in [0.25, 0.3) is 0 Å². The molecule has 1 aliphatic heterocycles. The smallest absolute Gasteiger partial charge is 0.236 e. The number of carbonyl (C=O) groups excluding carboxylic acids is 1. The first-order chi connectivity index (χ1) is 8.15. The van der Waals surface area contributed by atoms with Crippen molar-refractivity contribution < 1.29 is 9.53 Å². The van der Waals surface area contributed by atoms with Crippen molar-refractivity contribution in [3.8, 4) is 0 Å². The lowest BCUT2D eigenvalue weighted by Gasteiger charge is -2.32. The molecule has 1 fully saturated rings. The Hall–Kier alpha value is -0.650. The number of hydrogen-bond donors (Lipinski definition) is 2. The van der Waals surface area contributed by atoms with Gasteiger partial charge in [0.1, 0.15) is 0 Å². The van der Waals surface area contributed by atoms with Crippen LogP contribution in [0, 0.1) is 0 Å². The number of carbonyl (C=O) groups is 1. The molecule has 0 saturated carbocycles. The second kappa shape index (κ2) is 7.63. The van der Waals surface area contributed by atoms with E-state index in [0.29, 0.717) is 12.6 Å². The molecule has 3 N–H and O–H groups in total. The van der Waals surface area contributed by atoms with Crippen LogP contribution in [-0.2, 0) is 9.53 Å². The highest BCUT2D eigenvalue weighted by molar-refractivity contribution is 5.81. The van der Waals surface area contributed by atoms with Crippen LogP contribution in [0.4, 0.5) is 0 Å². The van der Waals surface area contributed by atoms with E-state index in [4.69, 9.17) is 10.5 Å². The van der Waals surface area contributed by atoms with Crippen molar-refractivity contribution in [2.24, 2.45) is 5.73 Å². The summed E-state index contributed by atoms with van der Waals surface area (Å²) in [4.78, 5) is 14.0. The fraction of sp³-hybridized carbons (Fsp3) is 0.917. The molecule has 0 aromatic heterocycles. The average Bonchev–Trinajstić information content (AvgIpc) is 2.36. The molecule has 5 nitrogen and oxygen atoms in total. The van der Waals surface area contributed by atoms with Gasteiger partial charge in [0, 0.05) is 25.7 Å². The van der Waals surface area contributed by atoms with Gasteiger partial charge in [0.15, 0.2) is 0 Å². The molecule has 0 aromatic rings. The van der Waals surface area contributed by atoms with Gasteiger partial charge in [-0.05, 0) is 13.3 Å². The molecule has 0 aromatic carbocycles. The summed E-state index contributed by atoms with van der Waals surface area (Å²) in [5.41, 5.74) is 5.75. The molecule has 1 aliphatic rings. The summed E-state index contributed by atoms with van der Waals surface area (Å²) < 4.78 is 5.30. The second-order valence-electron chi connectivity index (χ2n) is 4.64. The molecule has 1 saturated heterocycles. The zero-order chi connectivity index (χ0) is 12.7. The molecular formula is C12H25N3O2. The second-order valence-corrected chi connectivity index (χ2v) is 4.64. The van der Waals surface area contributed by atoms with Gasteiger partial charge in [-0.25, -0.2) is 0 Å². The van der Waals surface area contributed by atoms with Crippen molar-refractivity contribution in [3.05, 3.63) is 0 Å². The van der Waals surface area contributed by atoms with Crippen molar-refractivity contribution >= 4 is 5.91 Å². The first kappa shape index (κ1) is 14.4. The molecule has 1 amide bonds. The normalized spacial score (nSPS) is 20.9. The van der Waals surface area contributed by atoms with E-state index in [1.54, 1.807) is 0 Å². The van der Waals surface area contributed by atoms with E-state index in [1.165, 1.54) is 0 Å². The molecule has 0 spiro atoms. The van der Waals surface area contributed by atoms with Gasteiger partial charge in [-0.2, -0.15) is 0 Å². The molecule has 17 heavy (non-hydrogen) atoms. The summed E-state index contributed by atoms with van der Waals surface area (Å²) in [5.74, 6) is -0.0352. The first-order valence-corrected chi connectivity index (χ1v) is 6.50. The number of nitrogens with two attached hydrogens (primary N) is 1. The van der Waals surface area contributed by atoms with Gasteiger partial charge in [-0.1, -0.05) is 13.3 Å².